The summed E-state index contributed by atoms with van der Waals surface area (Å²) in [5.41, 5.74) is 7.59. The van der Waals surface area contributed by atoms with Gasteiger partial charge in [-0.15, -0.1) is 5.92 Å². The van der Waals surface area contributed by atoms with Crippen LogP contribution < -0.4 is 5.73 Å². The minimum absolute atomic E-state index is 0.0411. The third-order valence-electron chi connectivity index (χ3n) is 7.20. The second-order valence-corrected chi connectivity index (χ2v) is 9.44. The Balaban J connectivity index is 1.49. The van der Waals surface area contributed by atoms with Crippen LogP contribution in [0.2, 0.25) is 0 Å². The van der Waals surface area contributed by atoms with Crippen LogP contribution in [-0.4, -0.2) is 82.4 Å². The lowest BCUT2D eigenvalue weighted by molar-refractivity contribution is -0.137. The number of imide groups is 1. The predicted octanol–water partition coefficient (Wildman–Crippen LogP) is 1.92. The number of hydrogen-bond donors (Lipinski definition) is 1. The van der Waals surface area contributed by atoms with E-state index in [2.05, 4.69) is 22.8 Å². The molecule has 0 spiro atoms. The van der Waals surface area contributed by atoms with Gasteiger partial charge in [-0.1, -0.05) is 36.3 Å². The van der Waals surface area contributed by atoms with Gasteiger partial charge < -0.3 is 20.4 Å². The maximum atomic E-state index is 13.9. The zero-order valence-corrected chi connectivity index (χ0v) is 20.5. The van der Waals surface area contributed by atoms with Crippen molar-refractivity contribution < 1.29 is 9.59 Å². The molecule has 9 heteroatoms. The zero-order chi connectivity index (χ0) is 25.4. The van der Waals surface area contributed by atoms with Crippen LogP contribution in [0.25, 0.3) is 10.8 Å². The number of rotatable bonds is 3. The van der Waals surface area contributed by atoms with Gasteiger partial charge >= 0.3 is 6.03 Å². The van der Waals surface area contributed by atoms with Crippen molar-refractivity contribution in [3.8, 4) is 17.9 Å². The number of carbonyl (C=O) groups excluding carboxylic acids is 2. The van der Waals surface area contributed by atoms with E-state index in [4.69, 9.17) is 10.7 Å². The van der Waals surface area contributed by atoms with Gasteiger partial charge in [0, 0.05) is 26.2 Å². The number of likely N-dealkylation sites (N-methyl/N-ethyl adjacent to an activating group) is 1. The van der Waals surface area contributed by atoms with Crippen LogP contribution in [0.4, 0.5) is 4.79 Å². The highest BCUT2D eigenvalue weighted by molar-refractivity contribution is 6.04. The van der Waals surface area contributed by atoms with E-state index in [0.717, 1.165) is 35.7 Å². The Morgan fingerprint density at radius 3 is 2.67 bits per heavy atom. The number of likely N-dealkylation sites (tertiary alicyclic amines) is 1. The molecule has 0 aromatic heterocycles. The van der Waals surface area contributed by atoms with Gasteiger partial charge in [-0.25, -0.2) is 9.79 Å². The number of fused-ring (bicyclic) bond motifs is 2. The number of benzene rings is 2. The van der Waals surface area contributed by atoms with Crippen molar-refractivity contribution in [2.75, 3.05) is 26.7 Å². The molecule has 3 aliphatic heterocycles. The van der Waals surface area contributed by atoms with Gasteiger partial charge in [0.15, 0.2) is 18.2 Å². The van der Waals surface area contributed by atoms with Crippen molar-refractivity contribution in [2.24, 2.45) is 10.7 Å². The molecule has 2 aromatic carbocycles. The highest BCUT2D eigenvalue weighted by Crippen LogP contribution is 2.32. The molecule has 3 aliphatic rings. The summed E-state index contributed by atoms with van der Waals surface area (Å²) in [5.74, 6) is 6.39. The molecule has 3 atom stereocenters. The summed E-state index contributed by atoms with van der Waals surface area (Å²) < 4.78 is 0. The van der Waals surface area contributed by atoms with Crippen LogP contribution in [-0.2, 0) is 11.3 Å². The molecule has 36 heavy (non-hydrogen) atoms. The summed E-state index contributed by atoms with van der Waals surface area (Å²) in [6.45, 7) is 3.66. The molecule has 0 aliphatic carbocycles. The van der Waals surface area contributed by atoms with Crippen LogP contribution in [0.3, 0.4) is 0 Å². The van der Waals surface area contributed by atoms with Crippen molar-refractivity contribution in [1.82, 2.24) is 19.6 Å². The van der Waals surface area contributed by atoms with E-state index in [0.29, 0.717) is 24.6 Å². The first-order valence-corrected chi connectivity index (χ1v) is 12.2. The Labute approximate surface area is 210 Å². The topological polar surface area (TPSA) is 109 Å². The molecule has 184 valence electrons. The number of guanidine groups is 1. The predicted molar refractivity (Wildman–Crippen MR) is 136 cm³/mol. The summed E-state index contributed by atoms with van der Waals surface area (Å²) in [5, 5.41) is 11.1. The van der Waals surface area contributed by atoms with Crippen molar-refractivity contribution in [3.05, 3.63) is 47.5 Å². The van der Waals surface area contributed by atoms with E-state index >= 15 is 0 Å². The number of urea groups is 1. The first-order valence-electron chi connectivity index (χ1n) is 12.2. The van der Waals surface area contributed by atoms with E-state index in [-0.39, 0.29) is 18.5 Å². The van der Waals surface area contributed by atoms with Crippen LogP contribution in [0.1, 0.15) is 30.9 Å². The number of nitriles is 1. The monoisotopic (exact) mass is 483 g/mol. The van der Waals surface area contributed by atoms with E-state index in [9.17, 15) is 14.9 Å². The van der Waals surface area contributed by atoms with Gasteiger partial charge in [-0.3, -0.25) is 9.69 Å². The number of nitrogens with two attached hydrogens (primary N) is 1. The first kappa shape index (κ1) is 23.7. The molecule has 2 saturated heterocycles. The number of nitrogens with zero attached hydrogens (tertiary/aromatic N) is 6. The van der Waals surface area contributed by atoms with Gasteiger partial charge in [0.25, 0.3) is 5.91 Å². The molecule has 2 fully saturated rings. The second kappa shape index (κ2) is 9.52. The highest BCUT2D eigenvalue weighted by Gasteiger charge is 2.53. The fourth-order valence-electron chi connectivity index (χ4n) is 5.37. The number of amides is 3. The van der Waals surface area contributed by atoms with Crippen LogP contribution >= 0.6 is 0 Å². The largest absolute Gasteiger partial charge is 0.341 e. The van der Waals surface area contributed by atoms with Crippen molar-refractivity contribution in [3.63, 3.8) is 0 Å². The van der Waals surface area contributed by atoms with Gasteiger partial charge in [0.2, 0.25) is 0 Å². The minimum atomic E-state index is -0.661. The molecule has 0 bridgehead atoms. The lowest BCUT2D eigenvalue weighted by atomic mass is 9.99. The Hall–Kier alpha value is -4.08. The summed E-state index contributed by atoms with van der Waals surface area (Å²) >= 11 is 0. The normalized spacial score (nSPS) is 23.8. The Morgan fingerprint density at radius 1 is 1.17 bits per heavy atom. The van der Waals surface area contributed by atoms with Gasteiger partial charge in [0.1, 0.15) is 0 Å². The molecule has 2 N–H and O–H groups in total. The summed E-state index contributed by atoms with van der Waals surface area (Å²) in [7, 11) is 1.69. The molecule has 2 aromatic rings. The van der Waals surface area contributed by atoms with Crippen LogP contribution in [0, 0.1) is 23.2 Å². The number of aliphatic imine (C=N–C) groups is 1. The Morgan fingerprint density at radius 2 is 1.94 bits per heavy atom. The third kappa shape index (κ3) is 3.92. The van der Waals surface area contributed by atoms with Crippen molar-refractivity contribution in [1.29, 1.82) is 5.26 Å². The standard InChI is InChI=1S/C27H29N7O2/c1-3-4-14-33-23-24(30-26(33)32-13-7-8-20(29)17-32)31(2)27(36)34(25(23)35)16-19-12-11-18(15-28)21-9-5-6-10-22(19)21/h5-6,9-12,20,23-24H,7-8,13-14,16-17,29H2,1-2H3/t20-,23?,24?/m1/s1. The smallest absolute Gasteiger partial charge is 0.328 e. The summed E-state index contributed by atoms with van der Waals surface area (Å²) in [4.78, 5) is 39.1. The highest BCUT2D eigenvalue weighted by atomic mass is 16.2. The number of carbonyl (C=O) groups is 2. The Bertz CT molecular complexity index is 1350. The lowest BCUT2D eigenvalue weighted by Gasteiger charge is -2.42. The molecule has 9 nitrogen and oxygen atoms in total. The fourth-order valence-corrected chi connectivity index (χ4v) is 5.37. The molecule has 2 unspecified atom stereocenters. The average Bonchev–Trinajstić information content (AvgIpc) is 3.28. The van der Waals surface area contributed by atoms with Crippen molar-refractivity contribution in [2.45, 2.75) is 44.6 Å². The van der Waals surface area contributed by atoms with Gasteiger partial charge in [-0.2, -0.15) is 5.26 Å². The molecule has 3 heterocycles. The van der Waals surface area contributed by atoms with E-state index in [1.165, 1.54) is 4.90 Å². The van der Waals surface area contributed by atoms with E-state index < -0.39 is 18.2 Å². The number of piperidine rings is 1. The van der Waals surface area contributed by atoms with Gasteiger partial charge in [-0.05, 0) is 42.2 Å². The zero-order valence-electron chi connectivity index (χ0n) is 20.5. The fraction of sp³-hybridized carbons (Fsp3) is 0.407. The second-order valence-electron chi connectivity index (χ2n) is 9.44. The maximum absolute atomic E-state index is 13.9. The lowest BCUT2D eigenvalue weighted by Crippen LogP contribution is -2.65. The maximum Gasteiger partial charge on any atom is 0.328 e. The molecule has 0 saturated carbocycles. The molecule has 3 amide bonds. The molecular weight excluding hydrogens is 454 g/mol. The Kier molecular flexibility index (Phi) is 6.26. The first-order chi connectivity index (χ1) is 17.4. The number of hydrogen-bond acceptors (Lipinski definition) is 7. The average molecular weight is 484 g/mol. The van der Waals surface area contributed by atoms with Crippen LogP contribution in [0.5, 0.6) is 0 Å². The minimum Gasteiger partial charge on any atom is -0.341 e. The van der Waals surface area contributed by atoms with E-state index in [1.54, 1.807) is 24.9 Å². The SMILES string of the molecule is CC#CCN1C(N2CCC[C@@H](N)C2)=NC2C1C(=O)N(Cc1ccc(C#N)c3ccccc13)C(=O)N2C. The van der Waals surface area contributed by atoms with Crippen LogP contribution in [0.15, 0.2) is 41.4 Å². The third-order valence-corrected chi connectivity index (χ3v) is 7.20. The molecular formula is C27H29N7O2. The van der Waals surface area contributed by atoms with Gasteiger partial charge in [0.05, 0.1) is 24.7 Å². The molecule has 0 radical (unpaired) electrons. The quantitative estimate of drug-likeness (QED) is 0.668. The van der Waals surface area contributed by atoms with E-state index in [1.807, 2.05) is 35.2 Å². The molecule has 5 rings (SSSR count). The summed E-state index contributed by atoms with van der Waals surface area (Å²) in [6.07, 6.45) is 1.28. The van der Waals surface area contributed by atoms with Crippen molar-refractivity contribution >= 4 is 28.7 Å². The summed E-state index contributed by atoms with van der Waals surface area (Å²) in [6, 6.07) is 12.3.